The van der Waals surface area contributed by atoms with Crippen molar-refractivity contribution in [3.8, 4) is 0 Å². The summed E-state index contributed by atoms with van der Waals surface area (Å²) in [6, 6.07) is 64.7. The third-order valence-corrected chi connectivity index (χ3v) is 15.1. The van der Waals surface area contributed by atoms with E-state index < -0.39 is 11.9 Å². The number of fused-ring (bicyclic) bond motifs is 6. The number of carboxylic acid groups (broad SMARTS) is 2. The van der Waals surface area contributed by atoms with Gasteiger partial charge in [-0.2, -0.15) is 0 Å². The number of rotatable bonds is 20. The summed E-state index contributed by atoms with van der Waals surface area (Å²) in [6.45, 7) is 4.12. The molecular formula is C72H63N3O9. The second-order valence-electron chi connectivity index (χ2n) is 20.6. The van der Waals surface area contributed by atoms with E-state index in [4.69, 9.17) is 14.9 Å². The van der Waals surface area contributed by atoms with E-state index in [9.17, 15) is 28.8 Å². The number of carbonyl (C=O) groups is 6. The lowest BCUT2D eigenvalue weighted by atomic mass is 9.97. The van der Waals surface area contributed by atoms with Gasteiger partial charge < -0.3 is 28.7 Å². The standard InChI is InChI=1S/C25H23NO3.C24H21NO3.C23H19NO3/c1-2-29-24(27)15-8-16-26-17-22(20-12-5-6-14-23(20)26)25(28)21-13-7-10-18-9-3-4-11-19(18)21;26-23(27)14-5-6-15-25-16-21(19-11-3-4-13-22(19)25)24(28)20-12-7-9-17-8-1-2-10-18(17)20;25-22(26)13-6-14-24-15-20(18-10-3-4-12-21(18)24)23(27)19-11-5-8-16-7-1-2-9-17(16)19/h3-7,9-14,17H,2,8,15-16H2,1H3;1-4,7-13,16H,5-6,14-15H2,(H,26,27);1-5,7-12,15H,6,13-14H2,(H,25,26). The van der Waals surface area contributed by atoms with Crippen LogP contribution < -0.4 is 0 Å². The molecule has 2 N–H and O–H groups in total. The van der Waals surface area contributed by atoms with Gasteiger partial charge in [-0.15, -0.1) is 0 Å². The van der Waals surface area contributed by atoms with E-state index in [2.05, 4.69) is 9.13 Å². The van der Waals surface area contributed by atoms with Crippen molar-refractivity contribution in [2.24, 2.45) is 0 Å². The highest BCUT2D eigenvalue weighted by Gasteiger charge is 2.22. The van der Waals surface area contributed by atoms with Gasteiger partial charge in [0.25, 0.3) is 0 Å². The minimum Gasteiger partial charge on any atom is -0.481 e. The molecule has 0 unspecified atom stereocenters. The lowest BCUT2D eigenvalue weighted by Gasteiger charge is -2.05. The summed E-state index contributed by atoms with van der Waals surface area (Å²) in [5, 5.41) is 26.4. The largest absolute Gasteiger partial charge is 0.481 e. The Kier molecular flexibility index (Phi) is 18.1. The van der Waals surface area contributed by atoms with Crippen molar-refractivity contribution in [3.63, 3.8) is 0 Å². The molecule has 0 radical (unpaired) electrons. The Morgan fingerprint density at radius 3 is 0.988 bits per heavy atom. The maximum atomic E-state index is 13.5. The van der Waals surface area contributed by atoms with Gasteiger partial charge in [0.05, 0.1) is 6.61 Å². The fourth-order valence-electron chi connectivity index (χ4n) is 11.1. The van der Waals surface area contributed by atoms with Gasteiger partial charge in [0.1, 0.15) is 0 Å². The van der Waals surface area contributed by atoms with E-state index in [0.29, 0.717) is 85.3 Å². The molecule has 12 nitrogen and oxygen atoms in total. The summed E-state index contributed by atoms with van der Waals surface area (Å²) in [5.41, 5.74) is 7.06. The second-order valence-corrected chi connectivity index (χ2v) is 20.6. The molecule has 0 aliphatic rings. The van der Waals surface area contributed by atoms with Crippen LogP contribution in [0.1, 0.15) is 99.6 Å². The summed E-state index contributed by atoms with van der Waals surface area (Å²) in [5.74, 6) is -1.75. The van der Waals surface area contributed by atoms with Crippen LogP contribution in [-0.2, 0) is 38.8 Å². The monoisotopic (exact) mass is 1110 g/mol. The highest BCUT2D eigenvalue weighted by Crippen LogP contribution is 2.31. The lowest BCUT2D eigenvalue weighted by Crippen LogP contribution is -2.06. The van der Waals surface area contributed by atoms with E-state index in [0.717, 1.165) is 71.4 Å². The van der Waals surface area contributed by atoms with E-state index in [1.807, 2.05) is 230 Å². The number of unbranched alkanes of at least 4 members (excludes halogenated alkanes) is 1. The number of aromatic nitrogens is 3. The Morgan fingerprint density at radius 2 is 0.631 bits per heavy atom. The predicted molar refractivity (Wildman–Crippen MR) is 332 cm³/mol. The molecular weight excluding hydrogens is 1050 g/mol. The first kappa shape index (κ1) is 57.1. The van der Waals surface area contributed by atoms with Crippen molar-refractivity contribution >= 4 is 100 Å². The number of carbonyl (C=O) groups excluding carboxylic acids is 4. The smallest absolute Gasteiger partial charge is 0.305 e. The number of para-hydroxylation sites is 3. The minimum atomic E-state index is -0.807. The van der Waals surface area contributed by atoms with Gasteiger partial charge in [-0.1, -0.05) is 182 Å². The SMILES string of the molecule is CCOC(=O)CCCn1cc(C(=O)c2cccc3ccccc23)c2ccccc21.O=C(O)CCCCn1cc(C(=O)c2cccc3ccccc23)c2ccccc21.O=C(O)CCCn1cc(C(=O)c2cccc3ccccc23)c2ccccc21. The number of ether oxygens (including phenoxy) is 1. The molecule has 420 valence electrons. The summed E-state index contributed by atoms with van der Waals surface area (Å²) in [4.78, 5) is 73.4. The molecule has 9 aromatic carbocycles. The van der Waals surface area contributed by atoms with Gasteiger partial charge >= 0.3 is 17.9 Å². The van der Waals surface area contributed by atoms with Crippen LogP contribution in [0.3, 0.4) is 0 Å². The molecule has 12 aromatic rings. The average Bonchev–Trinajstić information content (AvgIpc) is 3.21. The van der Waals surface area contributed by atoms with E-state index in [1.54, 1.807) is 0 Å². The van der Waals surface area contributed by atoms with Crippen LogP contribution in [0.25, 0.3) is 65.0 Å². The van der Waals surface area contributed by atoms with Crippen LogP contribution >= 0.6 is 0 Å². The first-order valence-corrected chi connectivity index (χ1v) is 28.4. The van der Waals surface area contributed by atoms with Crippen LogP contribution in [-0.4, -0.2) is 65.8 Å². The third kappa shape index (κ3) is 12.8. The summed E-state index contributed by atoms with van der Waals surface area (Å²) >= 11 is 0. The number of hydrogen-bond donors (Lipinski definition) is 2. The van der Waals surface area contributed by atoms with Crippen LogP contribution in [0.15, 0.2) is 219 Å². The third-order valence-electron chi connectivity index (χ3n) is 15.1. The van der Waals surface area contributed by atoms with Crippen LogP contribution in [0.5, 0.6) is 0 Å². The molecule has 0 spiro atoms. The van der Waals surface area contributed by atoms with Crippen molar-refractivity contribution in [1.82, 2.24) is 13.7 Å². The Morgan fingerprint density at radius 1 is 0.333 bits per heavy atom. The molecule has 3 aromatic heterocycles. The molecule has 84 heavy (non-hydrogen) atoms. The zero-order valence-corrected chi connectivity index (χ0v) is 46.7. The number of ketones is 3. The molecule has 0 saturated heterocycles. The number of esters is 1. The molecule has 0 atom stereocenters. The molecule has 0 fully saturated rings. The Bertz CT molecular complexity index is 4390. The van der Waals surface area contributed by atoms with E-state index >= 15 is 0 Å². The lowest BCUT2D eigenvalue weighted by molar-refractivity contribution is -0.143. The van der Waals surface area contributed by atoms with Gasteiger partial charge in [0.2, 0.25) is 0 Å². The number of aryl methyl sites for hydroxylation is 3. The van der Waals surface area contributed by atoms with Crippen LogP contribution in [0.4, 0.5) is 0 Å². The fourth-order valence-corrected chi connectivity index (χ4v) is 11.1. The normalized spacial score (nSPS) is 11.1. The number of hydrogen-bond acceptors (Lipinski definition) is 7. The van der Waals surface area contributed by atoms with Crippen LogP contribution in [0, 0.1) is 0 Å². The molecule has 3 heterocycles. The molecule has 0 amide bonds. The minimum absolute atomic E-state index is 0.0114. The van der Waals surface area contributed by atoms with Crippen molar-refractivity contribution in [2.45, 2.75) is 71.5 Å². The molecule has 12 heteroatoms. The van der Waals surface area contributed by atoms with Gasteiger partial charge in [-0.3, -0.25) is 28.8 Å². The van der Waals surface area contributed by atoms with Crippen molar-refractivity contribution in [2.75, 3.05) is 6.61 Å². The molecule has 0 bridgehead atoms. The summed E-state index contributed by atoms with van der Waals surface area (Å²) in [7, 11) is 0. The predicted octanol–water partition coefficient (Wildman–Crippen LogP) is 15.5. The Balaban J connectivity index is 0.000000140. The topological polar surface area (TPSA) is 167 Å². The van der Waals surface area contributed by atoms with Gasteiger partial charge in [0.15, 0.2) is 17.3 Å². The first-order valence-electron chi connectivity index (χ1n) is 28.4. The molecule has 0 aliphatic heterocycles. The average molecular weight is 1110 g/mol. The van der Waals surface area contributed by atoms with Gasteiger partial charge in [-0.25, -0.2) is 0 Å². The van der Waals surface area contributed by atoms with E-state index in [1.165, 1.54) is 0 Å². The highest BCUT2D eigenvalue weighted by molar-refractivity contribution is 6.23. The number of nitrogens with zero attached hydrogens (tertiary/aromatic N) is 3. The van der Waals surface area contributed by atoms with Gasteiger partial charge in [0, 0.05) is 124 Å². The van der Waals surface area contributed by atoms with Gasteiger partial charge in [-0.05, 0) is 83.1 Å². The van der Waals surface area contributed by atoms with Crippen LogP contribution in [0.2, 0.25) is 0 Å². The first-order chi connectivity index (χ1) is 41.0. The Hall–Kier alpha value is -10.2. The summed E-state index contributed by atoms with van der Waals surface area (Å²) in [6.07, 6.45) is 8.90. The maximum absolute atomic E-state index is 13.5. The molecule has 0 saturated carbocycles. The van der Waals surface area contributed by atoms with Crippen molar-refractivity contribution < 1.29 is 43.7 Å². The molecule has 0 aliphatic carbocycles. The maximum Gasteiger partial charge on any atom is 0.305 e. The number of carboxylic acids is 2. The number of benzene rings is 9. The quantitative estimate of drug-likeness (QED) is 0.0429. The fraction of sp³-hybridized carbons (Fsp3) is 0.167. The Labute approximate surface area is 485 Å². The number of aliphatic carboxylic acids is 2. The zero-order valence-electron chi connectivity index (χ0n) is 46.7. The van der Waals surface area contributed by atoms with Crippen molar-refractivity contribution in [3.05, 3.63) is 252 Å². The second kappa shape index (κ2) is 26.6. The van der Waals surface area contributed by atoms with E-state index in [-0.39, 0.29) is 36.2 Å². The summed E-state index contributed by atoms with van der Waals surface area (Å²) < 4.78 is 11.1. The molecule has 12 rings (SSSR count). The highest BCUT2D eigenvalue weighted by atomic mass is 16.5. The van der Waals surface area contributed by atoms with Crippen molar-refractivity contribution in [1.29, 1.82) is 0 Å². The zero-order chi connectivity index (χ0) is 58.5.